The lowest BCUT2D eigenvalue weighted by molar-refractivity contribution is 0.0519. The van der Waals surface area contributed by atoms with E-state index >= 15 is 0 Å². The van der Waals surface area contributed by atoms with E-state index in [9.17, 15) is 4.79 Å². The maximum atomic E-state index is 11.5. The molecule has 19 heavy (non-hydrogen) atoms. The molecule has 0 saturated carbocycles. The Balaban J connectivity index is 1.93. The van der Waals surface area contributed by atoms with Crippen LogP contribution in [-0.2, 0) is 10.5 Å². The van der Waals surface area contributed by atoms with Crippen molar-refractivity contribution in [3.63, 3.8) is 0 Å². The fourth-order valence-electron chi connectivity index (χ4n) is 1.52. The number of imidazole rings is 1. The second-order valence-electron chi connectivity index (χ2n) is 4.10. The highest BCUT2D eigenvalue weighted by atomic mass is 32.2. The third-order valence-electron chi connectivity index (χ3n) is 2.54. The summed E-state index contributed by atoms with van der Waals surface area (Å²) >= 11 is 1.56. The van der Waals surface area contributed by atoms with Crippen molar-refractivity contribution in [2.75, 3.05) is 6.61 Å². The molecule has 1 aromatic carbocycles. The van der Waals surface area contributed by atoms with E-state index in [4.69, 9.17) is 4.74 Å². The van der Waals surface area contributed by atoms with Crippen LogP contribution in [0.25, 0.3) is 0 Å². The molecular formula is C14H16N2O2S. The zero-order valence-corrected chi connectivity index (χ0v) is 11.8. The molecule has 1 N–H and O–H groups in total. The van der Waals surface area contributed by atoms with Crippen molar-refractivity contribution in [2.24, 2.45) is 0 Å². The first-order chi connectivity index (χ1) is 9.19. The lowest BCUT2D eigenvalue weighted by Gasteiger charge is -2.00. The van der Waals surface area contributed by atoms with Crippen LogP contribution >= 0.6 is 11.8 Å². The Morgan fingerprint density at radius 1 is 1.37 bits per heavy atom. The van der Waals surface area contributed by atoms with E-state index in [1.54, 1.807) is 18.7 Å². The number of H-pyrrole nitrogens is 1. The van der Waals surface area contributed by atoms with Gasteiger partial charge in [0.05, 0.1) is 12.8 Å². The number of rotatable bonds is 5. The van der Waals surface area contributed by atoms with Gasteiger partial charge in [-0.15, -0.1) is 0 Å². The minimum absolute atomic E-state index is 0.364. The van der Waals surface area contributed by atoms with Crippen LogP contribution in [0.4, 0.5) is 0 Å². The number of aromatic amines is 1. The standard InChI is InChI=1S/C14H16N2O2S/c1-3-18-13(17)12-8-15-14(16-12)19-9-11-6-4-10(2)5-7-11/h4-8H,3,9H2,1-2H3,(H,15,16). The molecule has 0 aliphatic carbocycles. The van der Waals surface area contributed by atoms with Gasteiger partial charge in [0, 0.05) is 5.75 Å². The third kappa shape index (κ3) is 3.86. The largest absolute Gasteiger partial charge is 0.461 e. The summed E-state index contributed by atoms with van der Waals surface area (Å²) in [7, 11) is 0. The Morgan fingerprint density at radius 2 is 2.11 bits per heavy atom. The molecule has 0 aliphatic heterocycles. The quantitative estimate of drug-likeness (QED) is 0.673. The van der Waals surface area contributed by atoms with Gasteiger partial charge in [0.15, 0.2) is 5.16 Å². The van der Waals surface area contributed by atoms with Crippen LogP contribution in [0.5, 0.6) is 0 Å². The second kappa shape index (κ2) is 6.43. The third-order valence-corrected chi connectivity index (χ3v) is 3.50. The van der Waals surface area contributed by atoms with E-state index in [-0.39, 0.29) is 5.97 Å². The summed E-state index contributed by atoms with van der Waals surface area (Å²) in [6.07, 6.45) is 1.51. The predicted molar refractivity (Wildman–Crippen MR) is 75.3 cm³/mol. The van der Waals surface area contributed by atoms with Crippen molar-refractivity contribution in [3.05, 3.63) is 47.3 Å². The lowest BCUT2D eigenvalue weighted by Crippen LogP contribution is -2.04. The number of nitrogens with one attached hydrogen (secondary N) is 1. The lowest BCUT2D eigenvalue weighted by atomic mass is 10.2. The van der Waals surface area contributed by atoms with Gasteiger partial charge in [-0.1, -0.05) is 41.6 Å². The van der Waals surface area contributed by atoms with Gasteiger partial charge in [-0.3, -0.25) is 0 Å². The second-order valence-corrected chi connectivity index (χ2v) is 5.06. The van der Waals surface area contributed by atoms with Crippen molar-refractivity contribution in [3.8, 4) is 0 Å². The predicted octanol–water partition coefficient (Wildman–Crippen LogP) is 3.19. The van der Waals surface area contributed by atoms with Crippen molar-refractivity contribution in [1.82, 2.24) is 9.97 Å². The number of nitrogens with zero attached hydrogens (tertiary/aromatic N) is 1. The molecule has 0 spiro atoms. The zero-order chi connectivity index (χ0) is 13.7. The number of thioether (sulfide) groups is 1. The molecule has 0 unspecified atom stereocenters. The number of carbonyl (C=O) groups excluding carboxylic acids is 1. The molecule has 0 bridgehead atoms. The Hall–Kier alpha value is -1.75. The van der Waals surface area contributed by atoms with Crippen LogP contribution in [0.2, 0.25) is 0 Å². The summed E-state index contributed by atoms with van der Waals surface area (Å²) in [5.41, 5.74) is 2.87. The van der Waals surface area contributed by atoms with E-state index in [0.717, 1.165) is 10.9 Å². The Labute approximate surface area is 116 Å². The maximum Gasteiger partial charge on any atom is 0.356 e. The van der Waals surface area contributed by atoms with Crippen molar-refractivity contribution >= 4 is 17.7 Å². The molecule has 1 heterocycles. The average molecular weight is 276 g/mol. The molecule has 0 saturated heterocycles. The minimum atomic E-state index is -0.364. The van der Waals surface area contributed by atoms with Crippen molar-refractivity contribution < 1.29 is 9.53 Å². The molecule has 0 aliphatic rings. The number of benzene rings is 1. The van der Waals surface area contributed by atoms with E-state index in [0.29, 0.717) is 12.3 Å². The molecule has 2 rings (SSSR count). The van der Waals surface area contributed by atoms with Crippen LogP contribution < -0.4 is 0 Å². The summed E-state index contributed by atoms with van der Waals surface area (Å²) in [6.45, 7) is 4.21. The highest BCUT2D eigenvalue weighted by Gasteiger charge is 2.10. The first-order valence-electron chi connectivity index (χ1n) is 6.09. The molecule has 1 aromatic heterocycles. The van der Waals surface area contributed by atoms with Gasteiger partial charge in [-0.05, 0) is 19.4 Å². The number of hydrogen-bond acceptors (Lipinski definition) is 4. The topological polar surface area (TPSA) is 55.0 Å². The first-order valence-corrected chi connectivity index (χ1v) is 7.08. The van der Waals surface area contributed by atoms with Gasteiger partial charge in [0.25, 0.3) is 0 Å². The smallest absolute Gasteiger partial charge is 0.356 e. The summed E-state index contributed by atoms with van der Waals surface area (Å²) in [5, 5.41) is 0.726. The van der Waals surface area contributed by atoms with Crippen LogP contribution in [0.1, 0.15) is 28.5 Å². The van der Waals surface area contributed by atoms with Crippen LogP contribution in [0.15, 0.2) is 35.6 Å². The number of ether oxygens (including phenoxy) is 1. The monoisotopic (exact) mass is 276 g/mol. The summed E-state index contributed by atoms with van der Waals surface area (Å²) < 4.78 is 4.90. The molecular weight excluding hydrogens is 260 g/mol. The molecule has 0 atom stereocenters. The van der Waals surface area contributed by atoms with Gasteiger partial charge >= 0.3 is 5.97 Å². The van der Waals surface area contributed by atoms with Gasteiger partial charge in [0.1, 0.15) is 5.69 Å². The van der Waals surface area contributed by atoms with Gasteiger partial charge in [-0.2, -0.15) is 0 Å². The van der Waals surface area contributed by atoms with E-state index in [1.807, 2.05) is 0 Å². The fourth-order valence-corrected chi connectivity index (χ4v) is 2.33. The van der Waals surface area contributed by atoms with Crippen LogP contribution in [-0.4, -0.2) is 22.5 Å². The van der Waals surface area contributed by atoms with E-state index < -0.39 is 0 Å². The molecule has 5 heteroatoms. The number of aryl methyl sites for hydroxylation is 1. The minimum Gasteiger partial charge on any atom is -0.461 e. The van der Waals surface area contributed by atoms with Crippen LogP contribution in [0.3, 0.4) is 0 Å². The molecule has 0 fully saturated rings. The van der Waals surface area contributed by atoms with Crippen molar-refractivity contribution in [2.45, 2.75) is 24.8 Å². The Kier molecular flexibility index (Phi) is 4.63. The maximum absolute atomic E-state index is 11.5. The fraction of sp³-hybridized carbons (Fsp3) is 0.286. The summed E-state index contributed by atoms with van der Waals surface area (Å²) in [6, 6.07) is 8.36. The molecule has 0 radical (unpaired) electrons. The van der Waals surface area contributed by atoms with Crippen molar-refractivity contribution in [1.29, 1.82) is 0 Å². The highest BCUT2D eigenvalue weighted by Crippen LogP contribution is 2.20. The number of esters is 1. The molecule has 100 valence electrons. The van der Waals surface area contributed by atoms with Gasteiger partial charge in [-0.25, -0.2) is 9.78 Å². The SMILES string of the molecule is CCOC(=O)c1cnc(SCc2ccc(C)cc2)[nH]1. The molecule has 2 aromatic rings. The summed E-state index contributed by atoms with van der Waals surface area (Å²) in [5.74, 6) is 0.452. The molecule has 0 amide bonds. The molecule has 4 nitrogen and oxygen atoms in total. The van der Waals surface area contributed by atoms with Crippen LogP contribution in [0, 0.1) is 6.92 Å². The highest BCUT2D eigenvalue weighted by molar-refractivity contribution is 7.98. The number of aromatic nitrogens is 2. The Bertz CT molecular complexity index is 549. The van der Waals surface area contributed by atoms with Gasteiger partial charge < -0.3 is 9.72 Å². The van der Waals surface area contributed by atoms with E-state index in [2.05, 4.69) is 41.2 Å². The van der Waals surface area contributed by atoms with E-state index in [1.165, 1.54) is 17.3 Å². The Morgan fingerprint density at radius 3 is 2.79 bits per heavy atom. The number of hydrogen-bond donors (Lipinski definition) is 1. The van der Waals surface area contributed by atoms with Gasteiger partial charge in [0.2, 0.25) is 0 Å². The average Bonchev–Trinajstić information content (AvgIpc) is 2.87. The normalized spacial score (nSPS) is 10.4. The summed E-state index contributed by atoms with van der Waals surface area (Å²) in [4.78, 5) is 18.6. The zero-order valence-electron chi connectivity index (χ0n) is 11.0. The first kappa shape index (κ1) is 13.7. The number of carbonyl (C=O) groups is 1.